The smallest absolute Gasteiger partial charge is 0.327 e. The van der Waals surface area contributed by atoms with Gasteiger partial charge in [0.2, 0.25) is 11.8 Å². The second kappa shape index (κ2) is 5.78. The van der Waals surface area contributed by atoms with Gasteiger partial charge >= 0.3 is 5.97 Å². The highest BCUT2D eigenvalue weighted by atomic mass is 32.2. The number of benzene rings is 1. The standard InChI is InChI=1S/C16H19N3O4S/c1-16(2)11(15(22)23)19-13(21)10(14(19)24-16)18-12(20)9(17)8-6-4-3-5-7-8/h3-7,9-11,14H,17H2,1-2H3,(H,18,20)(H,22,23)/t9-,10-,11+,14-/m1/s1/i3D,4D,5D,6D,7D. The summed E-state index contributed by atoms with van der Waals surface area (Å²) in [5, 5.41) is 11.3. The highest BCUT2D eigenvalue weighted by Crippen LogP contribution is 2.50. The molecule has 0 saturated carbocycles. The van der Waals surface area contributed by atoms with Crippen molar-refractivity contribution in [2.24, 2.45) is 5.73 Å². The molecule has 0 spiro atoms. The summed E-state index contributed by atoms with van der Waals surface area (Å²) in [5.74, 6) is -2.60. The Hall–Kier alpha value is -2.06. The predicted octanol–water partition coefficient (Wildman–Crippen LogP) is 0.318. The number of nitrogens with zero attached hydrogens (tertiary/aromatic N) is 1. The molecule has 2 saturated heterocycles. The second-order valence-electron chi connectivity index (χ2n) is 6.10. The summed E-state index contributed by atoms with van der Waals surface area (Å²) in [4.78, 5) is 37.8. The van der Waals surface area contributed by atoms with Crippen molar-refractivity contribution in [1.29, 1.82) is 0 Å². The molecule has 0 aliphatic carbocycles. The number of hydrogen-bond acceptors (Lipinski definition) is 5. The van der Waals surface area contributed by atoms with Gasteiger partial charge in [-0.3, -0.25) is 9.59 Å². The van der Waals surface area contributed by atoms with Crippen LogP contribution in [0.5, 0.6) is 0 Å². The van der Waals surface area contributed by atoms with E-state index in [0.717, 1.165) is 0 Å². The Morgan fingerprint density at radius 2 is 2.04 bits per heavy atom. The molecule has 128 valence electrons. The Kier molecular flexibility index (Phi) is 2.77. The van der Waals surface area contributed by atoms with E-state index in [1.54, 1.807) is 13.8 Å². The van der Waals surface area contributed by atoms with Crippen molar-refractivity contribution in [3.8, 4) is 0 Å². The van der Waals surface area contributed by atoms with Crippen LogP contribution in [0.4, 0.5) is 0 Å². The number of amides is 2. The number of carboxylic acids is 1. The molecule has 4 atom stereocenters. The summed E-state index contributed by atoms with van der Waals surface area (Å²) in [5.41, 5.74) is 5.49. The van der Waals surface area contributed by atoms with Gasteiger partial charge in [-0.2, -0.15) is 0 Å². The van der Waals surface area contributed by atoms with Gasteiger partial charge in [-0.1, -0.05) is 30.2 Å². The Morgan fingerprint density at radius 3 is 2.62 bits per heavy atom. The van der Waals surface area contributed by atoms with Crippen molar-refractivity contribution in [2.45, 2.75) is 42.1 Å². The average Bonchev–Trinajstić information content (AvgIpc) is 2.90. The molecular formula is C16H19N3O4S. The summed E-state index contributed by atoms with van der Waals surface area (Å²) >= 11 is 1.24. The molecule has 4 N–H and O–H groups in total. The fraction of sp³-hybridized carbons (Fsp3) is 0.438. The Balaban J connectivity index is 1.83. The SMILES string of the molecule is [2H]c1c([2H])c([2H])c([C@@H](N)C(=O)N[C@@H]2C(=O)N3[C@@H]2SC(C)(C)[C@@H]3C(=O)O)c([2H])c1[2H]. The molecule has 0 aromatic heterocycles. The van der Waals surface area contributed by atoms with Crippen LogP contribution in [0.1, 0.15) is 32.3 Å². The first-order chi connectivity index (χ1) is 13.3. The number of thioether (sulfide) groups is 1. The first-order valence-electron chi connectivity index (χ1n) is 9.66. The number of carboxylic acid groups (broad SMARTS) is 1. The molecule has 3 rings (SSSR count). The van der Waals surface area contributed by atoms with Gasteiger partial charge in [0.1, 0.15) is 23.5 Å². The van der Waals surface area contributed by atoms with Gasteiger partial charge in [0.05, 0.1) is 6.85 Å². The quantitative estimate of drug-likeness (QED) is 0.671. The largest absolute Gasteiger partial charge is 0.480 e. The van der Waals surface area contributed by atoms with E-state index < -0.39 is 76.2 Å². The van der Waals surface area contributed by atoms with Crippen LogP contribution in [0, 0.1) is 0 Å². The average molecular weight is 354 g/mol. The first-order valence-corrected chi connectivity index (χ1v) is 8.04. The van der Waals surface area contributed by atoms with Crippen LogP contribution < -0.4 is 11.1 Å². The van der Waals surface area contributed by atoms with E-state index in [1.165, 1.54) is 16.7 Å². The molecular weight excluding hydrogens is 330 g/mol. The highest BCUT2D eigenvalue weighted by Gasteiger charge is 2.64. The number of nitrogens with one attached hydrogen (secondary N) is 1. The number of fused-ring (bicyclic) bond motifs is 1. The highest BCUT2D eigenvalue weighted by molar-refractivity contribution is 8.01. The number of aliphatic carboxylic acids is 1. The fourth-order valence-electron chi connectivity index (χ4n) is 2.93. The molecule has 1 aromatic carbocycles. The van der Waals surface area contributed by atoms with Crippen LogP contribution in [-0.2, 0) is 14.4 Å². The third-order valence-corrected chi connectivity index (χ3v) is 5.66. The number of β-lactam (4-membered cyclic amide) rings is 1. The lowest BCUT2D eigenvalue weighted by molar-refractivity contribution is -0.161. The zero-order chi connectivity index (χ0) is 22.0. The molecule has 2 amide bonds. The van der Waals surface area contributed by atoms with E-state index in [-0.39, 0.29) is 5.56 Å². The van der Waals surface area contributed by atoms with Gasteiger partial charge < -0.3 is 21.1 Å². The van der Waals surface area contributed by atoms with Crippen molar-refractivity contribution < 1.29 is 26.3 Å². The molecule has 7 nitrogen and oxygen atoms in total. The molecule has 1 aromatic rings. The van der Waals surface area contributed by atoms with Crippen molar-refractivity contribution >= 4 is 29.5 Å². The van der Waals surface area contributed by atoms with Crippen molar-refractivity contribution in [2.75, 3.05) is 0 Å². The summed E-state index contributed by atoms with van der Waals surface area (Å²) in [6.45, 7) is 3.39. The minimum absolute atomic E-state index is 0.375. The predicted molar refractivity (Wildman–Crippen MR) is 89.0 cm³/mol. The van der Waals surface area contributed by atoms with Gasteiger partial charge in [0.25, 0.3) is 0 Å². The topological polar surface area (TPSA) is 113 Å². The molecule has 2 aliphatic heterocycles. The van der Waals surface area contributed by atoms with E-state index in [9.17, 15) is 19.5 Å². The van der Waals surface area contributed by atoms with Crippen molar-refractivity contribution in [3.05, 3.63) is 35.8 Å². The zero-order valence-corrected chi connectivity index (χ0v) is 13.7. The monoisotopic (exact) mass is 354 g/mol. The van der Waals surface area contributed by atoms with Crippen LogP contribution in [-0.4, -0.2) is 50.0 Å². The van der Waals surface area contributed by atoms with Crippen LogP contribution in [0.25, 0.3) is 0 Å². The first kappa shape index (κ1) is 11.5. The lowest BCUT2D eigenvalue weighted by Crippen LogP contribution is -2.71. The molecule has 2 heterocycles. The summed E-state index contributed by atoms with van der Waals surface area (Å²) in [6.07, 6.45) is 0. The minimum Gasteiger partial charge on any atom is -0.480 e. The van der Waals surface area contributed by atoms with Gasteiger partial charge in [0.15, 0.2) is 0 Å². The maximum atomic E-state index is 12.6. The second-order valence-corrected chi connectivity index (χ2v) is 7.87. The van der Waals surface area contributed by atoms with E-state index in [1.807, 2.05) is 0 Å². The third-order valence-electron chi connectivity index (χ3n) is 4.09. The van der Waals surface area contributed by atoms with Crippen molar-refractivity contribution in [1.82, 2.24) is 10.2 Å². The number of nitrogens with two attached hydrogens (primary N) is 1. The normalized spacial score (nSPS) is 31.6. The number of carbonyl (C=O) groups excluding carboxylic acids is 2. The Bertz CT molecular complexity index is 915. The van der Waals surface area contributed by atoms with Gasteiger partial charge in [-0.25, -0.2) is 4.79 Å². The van der Waals surface area contributed by atoms with Crippen LogP contribution >= 0.6 is 11.8 Å². The number of hydrogen-bond donors (Lipinski definition) is 3. The molecule has 0 unspecified atom stereocenters. The van der Waals surface area contributed by atoms with Crippen LogP contribution in [0.2, 0.25) is 0 Å². The Labute approximate surface area is 150 Å². The van der Waals surface area contributed by atoms with Crippen molar-refractivity contribution in [3.63, 3.8) is 0 Å². The van der Waals surface area contributed by atoms with Crippen LogP contribution in [0.3, 0.4) is 0 Å². The van der Waals surface area contributed by atoms with E-state index in [0.29, 0.717) is 0 Å². The Morgan fingerprint density at radius 1 is 1.42 bits per heavy atom. The summed E-state index contributed by atoms with van der Waals surface area (Å²) in [7, 11) is 0. The molecule has 24 heavy (non-hydrogen) atoms. The molecule has 8 heteroatoms. The molecule has 0 bridgehead atoms. The number of carbonyl (C=O) groups is 3. The van der Waals surface area contributed by atoms with E-state index in [4.69, 9.17) is 12.6 Å². The van der Waals surface area contributed by atoms with Crippen LogP contribution in [0.15, 0.2) is 30.2 Å². The summed E-state index contributed by atoms with van der Waals surface area (Å²) in [6, 6.07) is -6.67. The maximum absolute atomic E-state index is 12.6. The lowest BCUT2D eigenvalue weighted by atomic mass is 9.95. The molecule has 2 aliphatic rings. The van der Waals surface area contributed by atoms with Gasteiger partial charge in [-0.15, -0.1) is 11.8 Å². The third kappa shape index (κ3) is 2.55. The molecule has 2 fully saturated rings. The van der Waals surface area contributed by atoms with E-state index >= 15 is 0 Å². The number of rotatable bonds is 4. The van der Waals surface area contributed by atoms with E-state index in [2.05, 4.69) is 5.32 Å². The summed E-state index contributed by atoms with van der Waals surface area (Å²) < 4.78 is 38.0. The van der Waals surface area contributed by atoms with Gasteiger partial charge in [-0.05, 0) is 19.4 Å². The minimum atomic E-state index is -1.60. The van der Waals surface area contributed by atoms with Gasteiger partial charge in [0, 0.05) is 4.75 Å². The lowest BCUT2D eigenvalue weighted by Gasteiger charge is -2.43. The fourth-order valence-corrected chi connectivity index (χ4v) is 4.56. The molecule has 0 radical (unpaired) electrons. The zero-order valence-electron chi connectivity index (χ0n) is 17.9. The maximum Gasteiger partial charge on any atom is 0.327 e.